The number of amides is 1. The van der Waals surface area contributed by atoms with Gasteiger partial charge in [0.25, 0.3) is 0 Å². The standard InChI is InChI=1S/C18H21NO6/c1-9(20)15-13-7-12(16(18(22)23)19(13)17(15)21)10-4-5-11(8-24-2)14(6-10)25-3/h4-6,9,13,15,20H,7-8H2,1-3H3,(H,22,23)/t9-,13-,15-/m1/s1. The van der Waals surface area contributed by atoms with Crippen LogP contribution in [0.15, 0.2) is 23.9 Å². The summed E-state index contributed by atoms with van der Waals surface area (Å²) in [4.78, 5) is 25.3. The number of hydrogen-bond acceptors (Lipinski definition) is 5. The SMILES string of the molecule is COCc1ccc(C2=C(C(=O)O)N3C(=O)[C@H]([C@@H](C)O)[C@H]3C2)cc1OC. The number of aliphatic carboxylic acids is 1. The number of carbonyl (C=O) groups excluding carboxylic acids is 1. The molecular formula is C18H21NO6. The van der Waals surface area contributed by atoms with Crippen LogP contribution in [0.5, 0.6) is 5.75 Å². The maximum atomic E-state index is 12.3. The van der Waals surface area contributed by atoms with Crippen LogP contribution >= 0.6 is 0 Å². The van der Waals surface area contributed by atoms with E-state index in [1.807, 2.05) is 12.1 Å². The first-order valence-corrected chi connectivity index (χ1v) is 8.04. The van der Waals surface area contributed by atoms with Crippen molar-refractivity contribution in [3.8, 4) is 5.75 Å². The van der Waals surface area contributed by atoms with Crippen LogP contribution in [0.25, 0.3) is 5.57 Å². The summed E-state index contributed by atoms with van der Waals surface area (Å²) in [5.74, 6) is -1.43. The molecule has 0 spiro atoms. The molecule has 1 amide bonds. The quantitative estimate of drug-likeness (QED) is 0.752. The first kappa shape index (κ1) is 17.4. The van der Waals surface area contributed by atoms with Crippen LogP contribution < -0.4 is 4.74 Å². The van der Waals surface area contributed by atoms with Crippen LogP contribution in [-0.4, -0.2) is 53.4 Å². The molecule has 2 aliphatic rings. The van der Waals surface area contributed by atoms with Gasteiger partial charge in [-0.3, -0.25) is 4.79 Å². The topological polar surface area (TPSA) is 96.3 Å². The zero-order valence-corrected chi connectivity index (χ0v) is 14.4. The number of rotatable bonds is 6. The molecule has 1 aromatic rings. The lowest BCUT2D eigenvalue weighted by atomic mass is 9.82. The van der Waals surface area contributed by atoms with E-state index in [0.717, 1.165) is 5.56 Å². The van der Waals surface area contributed by atoms with Crippen molar-refractivity contribution in [3.63, 3.8) is 0 Å². The Morgan fingerprint density at radius 2 is 2.12 bits per heavy atom. The number of carbonyl (C=O) groups is 2. The van der Waals surface area contributed by atoms with E-state index in [9.17, 15) is 19.8 Å². The second-order valence-electron chi connectivity index (χ2n) is 6.34. The highest BCUT2D eigenvalue weighted by Gasteiger charge is 2.56. The second-order valence-corrected chi connectivity index (χ2v) is 6.34. The van der Waals surface area contributed by atoms with Gasteiger partial charge in [0.05, 0.1) is 31.8 Å². The number of fused-ring (bicyclic) bond motifs is 1. The predicted octanol–water partition coefficient (Wildman–Crippen LogP) is 1.25. The number of carboxylic acid groups (broad SMARTS) is 1. The van der Waals surface area contributed by atoms with Gasteiger partial charge in [0.15, 0.2) is 0 Å². The molecule has 134 valence electrons. The molecule has 0 aliphatic carbocycles. The van der Waals surface area contributed by atoms with Crippen molar-refractivity contribution in [1.29, 1.82) is 0 Å². The number of aliphatic hydroxyl groups excluding tert-OH is 1. The average Bonchev–Trinajstić information content (AvgIpc) is 2.90. The summed E-state index contributed by atoms with van der Waals surface area (Å²) in [6.07, 6.45) is -0.405. The Balaban J connectivity index is 2.02. The maximum absolute atomic E-state index is 12.3. The van der Waals surface area contributed by atoms with Crippen molar-refractivity contribution in [3.05, 3.63) is 35.0 Å². The molecule has 7 heteroatoms. The molecule has 3 rings (SSSR count). The maximum Gasteiger partial charge on any atom is 0.352 e. The summed E-state index contributed by atoms with van der Waals surface area (Å²) in [6, 6.07) is 5.09. The molecule has 0 bridgehead atoms. The molecule has 0 unspecified atom stereocenters. The van der Waals surface area contributed by atoms with Crippen molar-refractivity contribution >= 4 is 17.4 Å². The first-order chi connectivity index (χ1) is 11.9. The Morgan fingerprint density at radius 1 is 1.40 bits per heavy atom. The Morgan fingerprint density at radius 3 is 2.68 bits per heavy atom. The van der Waals surface area contributed by atoms with Crippen molar-refractivity contribution in [1.82, 2.24) is 4.90 Å². The van der Waals surface area contributed by atoms with Crippen LogP contribution in [-0.2, 0) is 20.9 Å². The Labute approximate surface area is 145 Å². The highest BCUT2D eigenvalue weighted by atomic mass is 16.5. The first-order valence-electron chi connectivity index (χ1n) is 8.04. The molecule has 0 saturated carbocycles. The van der Waals surface area contributed by atoms with E-state index in [2.05, 4.69) is 0 Å². The summed E-state index contributed by atoms with van der Waals surface area (Å²) < 4.78 is 10.5. The molecule has 2 heterocycles. The van der Waals surface area contributed by atoms with Gasteiger partial charge in [-0.15, -0.1) is 0 Å². The molecule has 1 aromatic carbocycles. The van der Waals surface area contributed by atoms with Gasteiger partial charge in [0, 0.05) is 12.7 Å². The lowest BCUT2D eigenvalue weighted by Gasteiger charge is -2.44. The lowest BCUT2D eigenvalue weighted by Crippen LogP contribution is -2.61. The van der Waals surface area contributed by atoms with Gasteiger partial charge in [-0.05, 0) is 30.5 Å². The third kappa shape index (κ3) is 2.69. The van der Waals surface area contributed by atoms with Gasteiger partial charge in [-0.1, -0.05) is 12.1 Å². The van der Waals surface area contributed by atoms with Gasteiger partial charge in [-0.25, -0.2) is 4.79 Å². The zero-order chi connectivity index (χ0) is 18.3. The minimum Gasteiger partial charge on any atom is -0.496 e. The van der Waals surface area contributed by atoms with E-state index in [4.69, 9.17) is 9.47 Å². The predicted molar refractivity (Wildman–Crippen MR) is 88.7 cm³/mol. The van der Waals surface area contributed by atoms with Gasteiger partial charge in [0.2, 0.25) is 5.91 Å². The Kier molecular flexibility index (Phi) is 4.53. The average molecular weight is 347 g/mol. The summed E-state index contributed by atoms with van der Waals surface area (Å²) >= 11 is 0. The van der Waals surface area contributed by atoms with Gasteiger partial charge in [0.1, 0.15) is 11.4 Å². The molecule has 0 radical (unpaired) electrons. The molecule has 2 aliphatic heterocycles. The smallest absolute Gasteiger partial charge is 0.352 e. The van der Waals surface area contributed by atoms with Crippen LogP contribution in [0, 0.1) is 5.92 Å². The normalized spacial score (nSPS) is 23.4. The van der Waals surface area contributed by atoms with Crippen molar-refractivity contribution in [2.75, 3.05) is 14.2 Å². The zero-order valence-electron chi connectivity index (χ0n) is 14.4. The van der Waals surface area contributed by atoms with E-state index in [1.165, 1.54) is 4.90 Å². The largest absolute Gasteiger partial charge is 0.496 e. The summed E-state index contributed by atoms with van der Waals surface area (Å²) in [5, 5.41) is 19.4. The monoisotopic (exact) mass is 347 g/mol. The van der Waals surface area contributed by atoms with E-state index in [0.29, 0.717) is 29.9 Å². The van der Waals surface area contributed by atoms with E-state index >= 15 is 0 Å². The number of hydrogen-bond donors (Lipinski definition) is 2. The fraction of sp³-hybridized carbons (Fsp3) is 0.444. The Hall–Kier alpha value is -2.38. The molecular weight excluding hydrogens is 326 g/mol. The van der Waals surface area contributed by atoms with E-state index in [-0.39, 0.29) is 17.6 Å². The van der Waals surface area contributed by atoms with Crippen molar-refractivity contribution < 1.29 is 29.3 Å². The second kappa shape index (κ2) is 6.50. The molecule has 0 aromatic heterocycles. The lowest BCUT2D eigenvalue weighted by molar-refractivity contribution is -0.161. The van der Waals surface area contributed by atoms with Crippen molar-refractivity contribution in [2.45, 2.75) is 32.1 Å². The van der Waals surface area contributed by atoms with Crippen molar-refractivity contribution in [2.24, 2.45) is 5.92 Å². The van der Waals surface area contributed by atoms with Crippen LogP contribution in [0.2, 0.25) is 0 Å². The fourth-order valence-corrected chi connectivity index (χ4v) is 3.73. The minimum atomic E-state index is -1.14. The highest BCUT2D eigenvalue weighted by molar-refractivity contribution is 6.06. The molecule has 25 heavy (non-hydrogen) atoms. The molecule has 2 N–H and O–H groups in total. The number of carboxylic acids is 1. The number of nitrogens with zero attached hydrogens (tertiary/aromatic N) is 1. The van der Waals surface area contributed by atoms with Crippen LogP contribution in [0.4, 0.5) is 0 Å². The van der Waals surface area contributed by atoms with Crippen LogP contribution in [0.3, 0.4) is 0 Å². The van der Waals surface area contributed by atoms with E-state index in [1.54, 1.807) is 27.2 Å². The summed E-state index contributed by atoms with van der Waals surface area (Å²) in [7, 11) is 3.13. The minimum absolute atomic E-state index is 0.00607. The molecule has 7 nitrogen and oxygen atoms in total. The van der Waals surface area contributed by atoms with Gasteiger partial charge < -0.3 is 24.6 Å². The van der Waals surface area contributed by atoms with Gasteiger partial charge in [-0.2, -0.15) is 0 Å². The summed E-state index contributed by atoms with van der Waals surface area (Å²) in [6.45, 7) is 1.94. The number of ether oxygens (including phenoxy) is 2. The van der Waals surface area contributed by atoms with E-state index < -0.39 is 18.0 Å². The Bertz CT molecular complexity index is 754. The number of β-lactam (4-membered cyclic amide) rings is 1. The third-order valence-electron chi connectivity index (χ3n) is 4.87. The molecule has 3 atom stereocenters. The fourth-order valence-electron chi connectivity index (χ4n) is 3.73. The molecule has 1 saturated heterocycles. The van der Waals surface area contributed by atoms with Gasteiger partial charge >= 0.3 is 5.97 Å². The molecule has 1 fully saturated rings. The highest BCUT2D eigenvalue weighted by Crippen LogP contribution is 2.47. The van der Waals surface area contributed by atoms with Crippen LogP contribution in [0.1, 0.15) is 24.5 Å². The third-order valence-corrected chi connectivity index (χ3v) is 4.87. The number of methoxy groups -OCH3 is 2. The number of aliphatic hydroxyl groups is 1. The summed E-state index contributed by atoms with van der Waals surface area (Å²) in [5.41, 5.74) is 2.12. The number of benzene rings is 1.